The number of hydrogen-bond acceptors (Lipinski definition) is 4. The van der Waals surface area contributed by atoms with Crippen molar-refractivity contribution in [3.63, 3.8) is 0 Å². The van der Waals surface area contributed by atoms with Crippen LogP contribution in [0.25, 0.3) is 11.1 Å². The maximum absolute atomic E-state index is 12.2. The molecule has 0 fully saturated rings. The number of hydrogen-bond donors (Lipinski definition) is 3. The van der Waals surface area contributed by atoms with Crippen molar-refractivity contribution >= 4 is 18.3 Å². The zero-order valence-corrected chi connectivity index (χ0v) is 15.0. The average Bonchev–Trinajstić information content (AvgIpc) is 2.99. The number of alkyl carbamates (subject to hydrolysis) is 1. The van der Waals surface area contributed by atoms with Gasteiger partial charge in [-0.25, -0.2) is 15.0 Å². The van der Waals surface area contributed by atoms with Gasteiger partial charge in [0.05, 0.1) is 6.04 Å². The van der Waals surface area contributed by atoms with Crippen LogP contribution < -0.4 is 16.5 Å². The Morgan fingerprint density at radius 1 is 1.15 bits per heavy atom. The van der Waals surface area contributed by atoms with Crippen molar-refractivity contribution in [2.45, 2.75) is 25.3 Å². The van der Waals surface area contributed by atoms with Crippen LogP contribution in [0.1, 0.15) is 30.4 Å². The maximum atomic E-state index is 12.2. The summed E-state index contributed by atoms with van der Waals surface area (Å²) < 4.78 is 5.48. The summed E-state index contributed by atoms with van der Waals surface area (Å²) in [5.41, 5.74) is 11.7. The van der Waals surface area contributed by atoms with E-state index >= 15 is 0 Å². The van der Waals surface area contributed by atoms with Crippen molar-refractivity contribution in [3.05, 3.63) is 59.7 Å². The van der Waals surface area contributed by atoms with E-state index in [2.05, 4.69) is 40.1 Å². The summed E-state index contributed by atoms with van der Waals surface area (Å²) in [6.45, 7) is 2.12. The molecule has 27 heavy (non-hydrogen) atoms. The summed E-state index contributed by atoms with van der Waals surface area (Å²) in [5.74, 6) is 0.00780. The molecule has 140 valence electrons. The van der Waals surface area contributed by atoms with Gasteiger partial charge in [0, 0.05) is 12.1 Å². The highest BCUT2D eigenvalue weighted by molar-refractivity contribution is 5.80. The summed E-state index contributed by atoms with van der Waals surface area (Å²) in [5, 5.41) is 6.38. The van der Waals surface area contributed by atoms with E-state index in [0.717, 1.165) is 11.1 Å². The van der Waals surface area contributed by atoms with Crippen molar-refractivity contribution < 1.29 is 14.3 Å². The Morgan fingerprint density at radius 2 is 1.74 bits per heavy atom. The van der Waals surface area contributed by atoms with E-state index in [9.17, 15) is 9.59 Å². The summed E-state index contributed by atoms with van der Waals surface area (Å²) >= 11 is 0. The van der Waals surface area contributed by atoms with Crippen LogP contribution in [0.2, 0.25) is 0 Å². The summed E-state index contributed by atoms with van der Waals surface area (Å²) in [6.07, 6.45) is 1.47. The van der Waals surface area contributed by atoms with Gasteiger partial charge in [0.2, 0.25) is 0 Å². The van der Waals surface area contributed by atoms with E-state index < -0.39 is 12.1 Å². The third kappa shape index (κ3) is 4.25. The normalized spacial score (nSPS) is 13.7. The van der Waals surface area contributed by atoms with Gasteiger partial charge in [-0.3, -0.25) is 0 Å². The Bertz CT molecular complexity index is 820. The Hall–Kier alpha value is -3.35. The topological polar surface area (TPSA) is 106 Å². The molecule has 0 saturated heterocycles. The highest BCUT2D eigenvalue weighted by atomic mass is 16.5. The Kier molecular flexibility index (Phi) is 5.71. The first-order chi connectivity index (χ1) is 13.1. The van der Waals surface area contributed by atoms with E-state index in [1.807, 2.05) is 31.2 Å². The lowest BCUT2D eigenvalue weighted by Gasteiger charge is -2.16. The molecule has 1 aliphatic carbocycles. The monoisotopic (exact) mass is 366 g/mol. The van der Waals surface area contributed by atoms with E-state index in [1.54, 1.807) is 0 Å². The van der Waals surface area contributed by atoms with Gasteiger partial charge in [0.25, 0.3) is 0 Å². The second-order valence-corrected chi connectivity index (χ2v) is 6.24. The molecule has 7 heteroatoms. The van der Waals surface area contributed by atoms with Crippen molar-refractivity contribution in [3.8, 4) is 11.1 Å². The highest BCUT2D eigenvalue weighted by Crippen LogP contribution is 2.44. The third-order valence-electron chi connectivity index (χ3n) is 4.52. The van der Waals surface area contributed by atoms with Gasteiger partial charge in [-0.2, -0.15) is 5.10 Å². The van der Waals surface area contributed by atoms with Crippen LogP contribution in [0.3, 0.4) is 0 Å². The molecule has 7 nitrogen and oxygen atoms in total. The minimum absolute atomic E-state index is 0.00780. The fourth-order valence-electron chi connectivity index (χ4n) is 3.23. The SMILES string of the molecule is CC[C@@H](/C=N\NC(N)=O)NC(=O)OCC1c2ccccc2-c2ccccc21. The number of nitrogens with zero attached hydrogens (tertiary/aromatic N) is 1. The predicted molar refractivity (Wildman–Crippen MR) is 103 cm³/mol. The largest absolute Gasteiger partial charge is 0.449 e. The van der Waals surface area contributed by atoms with Gasteiger partial charge in [-0.15, -0.1) is 0 Å². The number of amides is 3. The van der Waals surface area contributed by atoms with Crippen molar-refractivity contribution in [1.29, 1.82) is 0 Å². The number of carbonyl (C=O) groups is 2. The van der Waals surface area contributed by atoms with Gasteiger partial charge in [-0.1, -0.05) is 55.5 Å². The Labute approximate surface area is 157 Å². The van der Waals surface area contributed by atoms with E-state index in [0.29, 0.717) is 6.42 Å². The van der Waals surface area contributed by atoms with Gasteiger partial charge in [0.15, 0.2) is 0 Å². The van der Waals surface area contributed by atoms with Crippen LogP contribution in [0.15, 0.2) is 53.6 Å². The smallest absolute Gasteiger partial charge is 0.407 e. The summed E-state index contributed by atoms with van der Waals surface area (Å²) in [6, 6.07) is 15.2. The molecule has 0 aliphatic heterocycles. The van der Waals surface area contributed by atoms with E-state index in [-0.39, 0.29) is 18.6 Å². The standard InChI is InChI=1S/C20H22N4O3/c1-2-13(11-22-24-19(21)25)23-20(26)27-12-18-16-9-5-3-7-14(16)15-8-4-6-10-17(15)18/h3-11,13,18H,2,12H2,1H3,(H,23,26)(H3,21,24,25)/b22-11-/t13-/m0/s1. The van der Waals surface area contributed by atoms with Crippen LogP contribution in [-0.2, 0) is 4.74 Å². The van der Waals surface area contributed by atoms with Crippen LogP contribution in [0.4, 0.5) is 9.59 Å². The molecule has 0 saturated carbocycles. The molecule has 3 rings (SSSR count). The lowest BCUT2D eigenvalue weighted by atomic mass is 9.98. The predicted octanol–water partition coefficient (Wildman–Crippen LogP) is 2.96. The second-order valence-electron chi connectivity index (χ2n) is 6.24. The molecule has 1 aliphatic rings. The van der Waals surface area contributed by atoms with Gasteiger partial charge >= 0.3 is 12.1 Å². The van der Waals surface area contributed by atoms with Crippen LogP contribution in [-0.4, -0.2) is 31.0 Å². The quantitative estimate of drug-likeness (QED) is 0.540. The molecule has 2 aromatic carbocycles. The number of nitrogens with one attached hydrogen (secondary N) is 2. The molecular weight excluding hydrogens is 344 g/mol. The molecule has 0 spiro atoms. The molecule has 1 atom stereocenters. The van der Waals surface area contributed by atoms with Gasteiger partial charge in [-0.05, 0) is 28.7 Å². The first-order valence-corrected chi connectivity index (χ1v) is 8.80. The number of hydrazone groups is 1. The van der Waals surface area contributed by atoms with Crippen LogP contribution >= 0.6 is 0 Å². The molecule has 4 N–H and O–H groups in total. The van der Waals surface area contributed by atoms with Gasteiger partial charge < -0.3 is 15.8 Å². The Balaban J connectivity index is 1.64. The average molecular weight is 366 g/mol. The number of nitrogens with two attached hydrogens (primary N) is 1. The Morgan fingerprint density at radius 3 is 2.30 bits per heavy atom. The number of carbonyl (C=O) groups excluding carboxylic acids is 2. The van der Waals surface area contributed by atoms with Gasteiger partial charge in [0.1, 0.15) is 6.61 Å². The van der Waals surface area contributed by atoms with Crippen molar-refractivity contribution in [2.24, 2.45) is 10.8 Å². The number of urea groups is 1. The zero-order valence-electron chi connectivity index (χ0n) is 15.0. The molecular formula is C20H22N4O3. The molecule has 0 unspecified atom stereocenters. The molecule has 2 aromatic rings. The van der Waals surface area contributed by atoms with Crippen LogP contribution in [0, 0.1) is 0 Å². The molecule has 0 heterocycles. The highest BCUT2D eigenvalue weighted by Gasteiger charge is 2.29. The zero-order chi connectivity index (χ0) is 19.2. The number of rotatable bonds is 6. The second kappa shape index (κ2) is 8.35. The minimum Gasteiger partial charge on any atom is -0.449 e. The summed E-state index contributed by atoms with van der Waals surface area (Å²) in [7, 11) is 0. The number of primary amides is 1. The van der Waals surface area contributed by atoms with E-state index in [1.165, 1.54) is 17.3 Å². The first-order valence-electron chi connectivity index (χ1n) is 8.80. The third-order valence-corrected chi connectivity index (χ3v) is 4.52. The lowest BCUT2D eigenvalue weighted by Crippen LogP contribution is -2.37. The van der Waals surface area contributed by atoms with Crippen molar-refractivity contribution in [1.82, 2.24) is 10.7 Å². The van der Waals surface area contributed by atoms with E-state index in [4.69, 9.17) is 10.5 Å². The van der Waals surface area contributed by atoms with Crippen LogP contribution in [0.5, 0.6) is 0 Å². The molecule has 0 radical (unpaired) electrons. The molecule has 3 amide bonds. The fraction of sp³-hybridized carbons (Fsp3) is 0.250. The summed E-state index contributed by atoms with van der Waals surface area (Å²) in [4.78, 5) is 22.8. The lowest BCUT2D eigenvalue weighted by molar-refractivity contribution is 0.141. The number of ether oxygens (including phenoxy) is 1. The maximum Gasteiger partial charge on any atom is 0.407 e. The van der Waals surface area contributed by atoms with Crippen molar-refractivity contribution in [2.75, 3.05) is 6.61 Å². The minimum atomic E-state index is -0.762. The fourth-order valence-corrected chi connectivity index (χ4v) is 3.23. The molecule has 0 bridgehead atoms. The molecule has 0 aromatic heterocycles. The number of fused-ring (bicyclic) bond motifs is 3. The number of benzene rings is 2. The first kappa shape index (κ1) is 18.4.